The summed E-state index contributed by atoms with van der Waals surface area (Å²) in [6.07, 6.45) is 1.91. The number of carboxylic acid groups (broad SMARTS) is 1. The van der Waals surface area contributed by atoms with Crippen LogP contribution in [0, 0.1) is 0 Å². The minimum absolute atomic E-state index is 0.0142. The lowest BCUT2D eigenvalue weighted by atomic mass is 9.99. The highest BCUT2D eigenvalue weighted by molar-refractivity contribution is 5.79. The summed E-state index contributed by atoms with van der Waals surface area (Å²) < 4.78 is 0. The van der Waals surface area contributed by atoms with Crippen molar-refractivity contribution >= 4 is 11.9 Å². The minimum atomic E-state index is -0.794. The van der Waals surface area contributed by atoms with Crippen LogP contribution < -0.4 is 5.32 Å². The standard InChI is InChI=1S/C12H22N2O3/c1-9(2)13-10(15)5-8-14-7-4-6-12(14,3)11(16)17/h9H,4-8H2,1-3H3,(H,13,15)(H,16,17). The van der Waals surface area contributed by atoms with Gasteiger partial charge in [-0.1, -0.05) is 0 Å². The van der Waals surface area contributed by atoms with E-state index >= 15 is 0 Å². The number of rotatable bonds is 5. The second-order valence-electron chi connectivity index (χ2n) is 5.14. The first kappa shape index (κ1) is 14.0. The van der Waals surface area contributed by atoms with Crippen LogP contribution in [-0.2, 0) is 9.59 Å². The third-order valence-electron chi connectivity index (χ3n) is 3.31. The SMILES string of the molecule is CC(C)NC(=O)CCN1CCCC1(C)C(=O)O. The molecule has 1 aliphatic rings. The van der Waals surface area contributed by atoms with E-state index in [4.69, 9.17) is 0 Å². The van der Waals surface area contributed by atoms with E-state index in [0.717, 1.165) is 13.0 Å². The van der Waals surface area contributed by atoms with E-state index in [1.807, 2.05) is 18.7 Å². The predicted octanol–water partition coefficient (Wildman–Crippen LogP) is 0.840. The number of nitrogens with one attached hydrogen (secondary N) is 1. The largest absolute Gasteiger partial charge is 0.480 e. The molecule has 1 unspecified atom stereocenters. The van der Waals surface area contributed by atoms with Crippen LogP contribution in [0.5, 0.6) is 0 Å². The molecule has 0 saturated carbocycles. The zero-order chi connectivity index (χ0) is 13.1. The lowest BCUT2D eigenvalue weighted by Gasteiger charge is -2.30. The molecule has 1 fully saturated rings. The number of carbonyl (C=O) groups excluding carboxylic acids is 1. The van der Waals surface area contributed by atoms with Gasteiger partial charge in [0.05, 0.1) is 0 Å². The van der Waals surface area contributed by atoms with Gasteiger partial charge in [0.25, 0.3) is 0 Å². The Bertz CT molecular complexity index is 304. The molecule has 98 valence electrons. The smallest absolute Gasteiger partial charge is 0.323 e. The van der Waals surface area contributed by atoms with Gasteiger partial charge in [-0.2, -0.15) is 0 Å². The van der Waals surface area contributed by atoms with Crippen LogP contribution in [0.4, 0.5) is 0 Å². The van der Waals surface area contributed by atoms with Crippen LogP contribution in [0.3, 0.4) is 0 Å². The molecule has 0 radical (unpaired) electrons. The Hall–Kier alpha value is -1.10. The summed E-state index contributed by atoms with van der Waals surface area (Å²) in [5.41, 5.74) is -0.794. The molecular formula is C12H22N2O3. The fraction of sp³-hybridized carbons (Fsp3) is 0.833. The van der Waals surface area contributed by atoms with Crippen molar-refractivity contribution in [3.63, 3.8) is 0 Å². The molecule has 2 N–H and O–H groups in total. The normalized spacial score (nSPS) is 25.2. The number of amides is 1. The third-order valence-corrected chi connectivity index (χ3v) is 3.31. The average Bonchev–Trinajstić information content (AvgIpc) is 2.57. The number of hydrogen-bond donors (Lipinski definition) is 2. The van der Waals surface area contributed by atoms with Gasteiger partial charge in [0.1, 0.15) is 5.54 Å². The van der Waals surface area contributed by atoms with E-state index in [9.17, 15) is 14.7 Å². The maximum atomic E-state index is 11.5. The molecule has 1 atom stereocenters. The first-order valence-corrected chi connectivity index (χ1v) is 6.14. The zero-order valence-electron chi connectivity index (χ0n) is 10.8. The van der Waals surface area contributed by atoms with Crippen molar-refractivity contribution in [1.82, 2.24) is 10.2 Å². The van der Waals surface area contributed by atoms with Crippen LogP contribution in [-0.4, -0.2) is 46.6 Å². The Kier molecular flexibility index (Phi) is 4.51. The van der Waals surface area contributed by atoms with Crippen LogP contribution in [0.25, 0.3) is 0 Å². The van der Waals surface area contributed by atoms with E-state index in [1.54, 1.807) is 6.92 Å². The van der Waals surface area contributed by atoms with Crippen molar-refractivity contribution < 1.29 is 14.7 Å². The molecule has 1 heterocycles. The Labute approximate surface area is 102 Å². The second kappa shape index (κ2) is 5.49. The second-order valence-corrected chi connectivity index (χ2v) is 5.14. The molecule has 0 spiro atoms. The summed E-state index contributed by atoms with van der Waals surface area (Å²) in [4.78, 5) is 24.6. The molecule has 17 heavy (non-hydrogen) atoms. The molecule has 0 bridgehead atoms. The van der Waals surface area contributed by atoms with E-state index in [0.29, 0.717) is 19.4 Å². The number of aliphatic carboxylic acids is 1. The summed E-state index contributed by atoms with van der Waals surface area (Å²) in [6.45, 7) is 6.84. The van der Waals surface area contributed by atoms with Gasteiger partial charge in [-0.25, -0.2) is 0 Å². The van der Waals surface area contributed by atoms with Crippen molar-refractivity contribution in [2.45, 2.75) is 51.6 Å². The van der Waals surface area contributed by atoms with Gasteiger partial charge in [-0.15, -0.1) is 0 Å². The summed E-state index contributed by atoms with van der Waals surface area (Å²) in [6, 6.07) is 0.131. The van der Waals surface area contributed by atoms with E-state index in [1.165, 1.54) is 0 Å². The summed E-state index contributed by atoms with van der Waals surface area (Å²) in [5, 5.41) is 12.0. The molecule has 0 aromatic heterocycles. The first-order valence-electron chi connectivity index (χ1n) is 6.14. The summed E-state index contributed by atoms with van der Waals surface area (Å²) >= 11 is 0. The molecular weight excluding hydrogens is 220 g/mol. The Morgan fingerprint density at radius 2 is 2.12 bits per heavy atom. The van der Waals surface area contributed by atoms with Gasteiger partial charge in [-0.3, -0.25) is 14.5 Å². The molecule has 5 heteroatoms. The molecule has 0 aromatic carbocycles. The highest BCUT2D eigenvalue weighted by Gasteiger charge is 2.42. The minimum Gasteiger partial charge on any atom is -0.480 e. The monoisotopic (exact) mass is 242 g/mol. The van der Waals surface area contributed by atoms with Gasteiger partial charge in [0.2, 0.25) is 5.91 Å². The van der Waals surface area contributed by atoms with Gasteiger partial charge < -0.3 is 10.4 Å². The van der Waals surface area contributed by atoms with Crippen molar-refractivity contribution in [2.24, 2.45) is 0 Å². The molecule has 1 saturated heterocycles. The van der Waals surface area contributed by atoms with E-state index in [2.05, 4.69) is 5.32 Å². The highest BCUT2D eigenvalue weighted by atomic mass is 16.4. The fourth-order valence-corrected chi connectivity index (χ4v) is 2.25. The lowest BCUT2D eigenvalue weighted by molar-refractivity contribution is -0.149. The van der Waals surface area contributed by atoms with E-state index in [-0.39, 0.29) is 11.9 Å². The number of nitrogens with zero attached hydrogens (tertiary/aromatic N) is 1. The average molecular weight is 242 g/mol. The van der Waals surface area contributed by atoms with Crippen molar-refractivity contribution in [1.29, 1.82) is 0 Å². The third kappa shape index (κ3) is 3.43. The topological polar surface area (TPSA) is 69.6 Å². The molecule has 1 amide bonds. The van der Waals surface area contributed by atoms with Gasteiger partial charge in [0, 0.05) is 19.0 Å². The van der Waals surface area contributed by atoms with Crippen molar-refractivity contribution in [2.75, 3.05) is 13.1 Å². The predicted molar refractivity (Wildman–Crippen MR) is 64.7 cm³/mol. The quantitative estimate of drug-likeness (QED) is 0.749. The van der Waals surface area contributed by atoms with Gasteiger partial charge >= 0.3 is 5.97 Å². The molecule has 1 rings (SSSR count). The van der Waals surface area contributed by atoms with Crippen LogP contribution in [0.2, 0.25) is 0 Å². The van der Waals surface area contributed by atoms with Crippen LogP contribution in [0.1, 0.15) is 40.0 Å². The number of hydrogen-bond acceptors (Lipinski definition) is 3. The molecule has 1 aliphatic heterocycles. The fourth-order valence-electron chi connectivity index (χ4n) is 2.25. The number of carboxylic acids is 1. The van der Waals surface area contributed by atoms with Crippen molar-refractivity contribution in [3.05, 3.63) is 0 Å². The number of likely N-dealkylation sites (tertiary alicyclic amines) is 1. The zero-order valence-corrected chi connectivity index (χ0v) is 10.8. The molecule has 0 aromatic rings. The Morgan fingerprint density at radius 1 is 1.47 bits per heavy atom. The Morgan fingerprint density at radius 3 is 2.65 bits per heavy atom. The van der Waals surface area contributed by atoms with Gasteiger partial charge in [-0.05, 0) is 40.2 Å². The maximum absolute atomic E-state index is 11.5. The summed E-state index contributed by atoms with van der Waals surface area (Å²) in [7, 11) is 0. The van der Waals surface area contributed by atoms with Crippen LogP contribution >= 0.6 is 0 Å². The molecule has 5 nitrogen and oxygen atoms in total. The number of carbonyl (C=O) groups is 2. The van der Waals surface area contributed by atoms with E-state index < -0.39 is 11.5 Å². The highest BCUT2D eigenvalue weighted by Crippen LogP contribution is 2.29. The van der Waals surface area contributed by atoms with Gasteiger partial charge in [0.15, 0.2) is 0 Å². The molecule has 0 aliphatic carbocycles. The lowest BCUT2D eigenvalue weighted by Crippen LogP contribution is -2.49. The summed E-state index contributed by atoms with van der Waals surface area (Å²) in [5.74, 6) is -0.807. The van der Waals surface area contributed by atoms with Crippen LogP contribution in [0.15, 0.2) is 0 Å². The maximum Gasteiger partial charge on any atom is 0.323 e. The van der Waals surface area contributed by atoms with Crippen molar-refractivity contribution in [3.8, 4) is 0 Å². The Balaban J connectivity index is 2.46. The first-order chi connectivity index (χ1) is 7.86.